The highest BCUT2D eigenvalue weighted by atomic mass is 32.2. The van der Waals surface area contributed by atoms with Crippen LogP contribution in [-0.4, -0.2) is 53.5 Å². The number of benzene rings is 2. The maximum Gasteiger partial charge on any atom is 0.306 e. The number of aryl methyl sites for hydroxylation is 2. The third kappa shape index (κ3) is 8.08. The first-order valence-electron chi connectivity index (χ1n) is 9.90. The highest BCUT2D eigenvalue weighted by Gasteiger charge is 2.17. The SMILES string of the molecule is Cc1ccc(S(=O)(=O)CCOC(=O)CCC(=O)OCCS(=O)(=O)c2ccc(C)cc2)cc1. The molecular weight excluding hydrogens is 456 g/mol. The first-order valence-corrected chi connectivity index (χ1v) is 13.2. The van der Waals surface area contributed by atoms with E-state index in [1.807, 2.05) is 13.8 Å². The molecular formula is C22H26O8S2. The summed E-state index contributed by atoms with van der Waals surface area (Å²) < 4.78 is 58.5. The van der Waals surface area contributed by atoms with Crippen LogP contribution in [0.25, 0.3) is 0 Å². The van der Waals surface area contributed by atoms with Crippen molar-refractivity contribution < 1.29 is 35.9 Å². The summed E-state index contributed by atoms with van der Waals surface area (Å²) in [5, 5.41) is 0. The van der Waals surface area contributed by atoms with E-state index in [9.17, 15) is 26.4 Å². The Hall–Kier alpha value is -2.72. The summed E-state index contributed by atoms with van der Waals surface area (Å²) in [4.78, 5) is 23.8. The zero-order chi connectivity index (χ0) is 23.8. The minimum Gasteiger partial charge on any atom is -0.465 e. The fraction of sp³-hybridized carbons (Fsp3) is 0.364. The lowest BCUT2D eigenvalue weighted by molar-refractivity contribution is -0.149. The maximum absolute atomic E-state index is 12.2. The summed E-state index contributed by atoms with van der Waals surface area (Å²) in [6, 6.07) is 12.7. The first kappa shape index (κ1) is 25.5. The molecule has 0 unspecified atom stereocenters. The van der Waals surface area contributed by atoms with Gasteiger partial charge in [0, 0.05) is 0 Å². The largest absolute Gasteiger partial charge is 0.465 e. The van der Waals surface area contributed by atoms with Crippen LogP contribution >= 0.6 is 0 Å². The van der Waals surface area contributed by atoms with E-state index in [2.05, 4.69) is 0 Å². The molecule has 0 N–H and O–H groups in total. The van der Waals surface area contributed by atoms with Gasteiger partial charge in [-0.25, -0.2) is 16.8 Å². The van der Waals surface area contributed by atoms with E-state index in [1.165, 1.54) is 24.3 Å². The molecule has 2 aromatic carbocycles. The molecule has 2 rings (SSSR count). The van der Waals surface area contributed by atoms with Crippen molar-refractivity contribution in [3.8, 4) is 0 Å². The van der Waals surface area contributed by atoms with Crippen LogP contribution in [0, 0.1) is 13.8 Å². The van der Waals surface area contributed by atoms with E-state index in [1.54, 1.807) is 24.3 Å². The Bertz CT molecular complexity index is 1040. The standard InChI is InChI=1S/C22H26O8S2/c1-17-3-7-19(8-4-17)31(25,26)15-13-29-21(23)11-12-22(24)30-14-16-32(27,28)20-9-5-18(2)6-10-20/h3-10H,11-16H2,1-2H3. The predicted molar refractivity (Wildman–Crippen MR) is 118 cm³/mol. The monoisotopic (exact) mass is 482 g/mol. The van der Waals surface area contributed by atoms with Crippen LogP contribution in [0.1, 0.15) is 24.0 Å². The molecule has 0 aliphatic heterocycles. The van der Waals surface area contributed by atoms with E-state index in [0.29, 0.717) is 0 Å². The third-order valence-corrected chi connectivity index (χ3v) is 7.91. The number of hydrogen-bond donors (Lipinski definition) is 0. The summed E-state index contributed by atoms with van der Waals surface area (Å²) in [5.74, 6) is -2.23. The summed E-state index contributed by atoms with van der Waals surface area (Å²) in [6.07, 6.45) is -0.595. The molecule has 0 amide bonds. The highest BCUT2D eigenvalue weighted by molar-refractivity contribution is 7.91. The number of carbonyl (C=O) groups is 2. The van der Waals surface area contributed by atoms with E-state index in [4.69, 9.17) is 9.47 Å². The Morgan fingerprint density at radius 1 is 0.625 bits per heavy atom. The Balaban J connectivity index is 1.67. The van der Waals surface area contributed by atoms with Gasteiger partial charge in [0.2, 0.25) is 0 Å². The summed E-state index contributed by atoms with van der Waals surface area (Å²) in [7, 11) is -7.16. The van der Waals surface area contributed by atoms with Crippen LogP contribution < -0.4 is 0 Å². The van der Waals surface area contributed by atoms with Gasteiger partial charge in [-0.1, -0.05) is 35.4 Å². The smallest absolute Gasteiger partial charge is 0.306 e. The summed E-state index contributed by atoms with van der Waals surface area (Å²) >= 11 is 0. The van der Waals surface area contributed by atoms with Crippen molar-refractivity contribution in [1.82, 2.24) is 0 Å². The van der Waals surface area contributed by atoms with Crippen LogP contribution in [0.5, 0.6) is 0 Å². The fourth-order valence-corrected chi connectivity index (χ4v) is 4.78. The molecule has 0 bridgehead atoms. The summed E-state index contributed by atoms with van der Waals surface area (Å²) in [6.45, 7) is 3.01. The second-order valence-electron chi connectivity index (χ2n) is 7.20. The molecule has 0 aliphatic rings. The third-order valence-electron chi connectivity index (χ3n) is 4.52. The minimum atomic E-state index is -3.58. The summed E-state index contributed by atoms with van der Waals surface area (Å²) in [5.41, 5.74) is 1.85. The van der Waals surface area contributed by atoms with Gasteiger partial charge in [-0.05, 0) is 38.1 Å². The van der Waals surface area contributed by atoms with E-state index in [0.717, 1.165) is 11.1 Å². The van der Waals surface area contributed by atoms with Crippen LogP contribution in [0.4, 0.5) is 0 Å². The van der Waals surface area contributed by atoms with E-state index in [-0.39, 0.29) is 47.4 Å². The van der Waals surface area contributed by atoms with Gasteiger partial charge in [0.15, 0.2) is 19.7 Å². The Kier molecular flexibility index (Phi) is 8.97. The number of esters is 2. The molecule has 0 atom stereocenters. The number of hydrogen-bond acceptors (Lipinski definition) is 8. The molecule has 0 aliphatic carbocycles. The van der Waals surface area contributed by atoms with Crippen LogP contribution in [0.3, 0.4) is 0 Å². The quantitative estimate of drug-likeness (QED) is 0.448. The lowest BCUT2D eigenvalue weighted by Crippen LogP contribution is -2.18. The van der Waals surface area contributed by atoms with Gasteiger partial charge < -0.3 is 9.47 Å². The lowest BCUT2D eigenvalue weighted by atomic mass is 10.2. The van der Waals surface area contributed by atoms with Crippen LogP contribution in [0.2, 0.25) is 0 Å². The van der Waals surface area contributed by atoms with Crippen molar-refractivity contribution in [3.05, 3.63) is 59.7 Å². The number of sulfone groups is 2. The van der Waals surface area contributed by atoms with Crippen molar-refractivity contribution in [1.29, 1.82) is 0 Å². The maximum atomic E-state index is 12.2. The van der Waals surface area contributed by atoms with Gasteiger partial charge >= 0.3 is 11.9 Å². The average Bonchev–Trinajstić information content (AvgIpc) is 2.72. The number of ether oxygens (including phenoxy) is 2. The average molecular weight is 483 g/mol. The molecule has 0 radical (unpaired) electrons. The van der Waals surface area contributed by atoms with Crippen molar-refractivity contribution in [3.63, 3.8) is 0 Å². The van der Waals surface area contributed by atoms with E-state index < -0.39 is 31.6 Å². The molecule has 10 heteroatoms. The zero-order valence-corrected chi connectivity index (χ0v) is 19.6. The molecule has 2 aromatic rings. The number of carbonyl (C=O) groups excluding carboxylic acids is 2. The van der Waals surface area contributed by atoms with Crippen LogP contribution in [-0.2, 0) is 38.7 Å². The second-order valence-corrected chi connectivity index (χ2v) is 11.4. The Morgan fingerprint density at radius 2 is 0.938 bits per heavy atom. The molecule has 0 aromatic heterocycles. The normalized spacial score (nSPS) is 11.7. The second kappa shape index (κ2) is 11.2. The topological polar surface area (TPSA) is 121 Å². The molecule has 32 heavy (non-hydrogen) atoms. The lowest BCUT2D eigenvalue weighted by Gasteiger charge is -2.08. The Labute approximate surface area is 188 Å². The molecule has 0 heterocycles. The van der Waals surface area contributed by atoms with Gasteiger partial charge in [-0.15, -0.1) is 0 Å². The van der Waals surface area contributed by atoms with Crippen molar-refractivity contribution in [2.75, 3.05) is 24.7 Å². The van der Waals surface area contributed by atoms with Gasteiger partial charge in [-0.3, -0.25) is 9.59 Å². The highest BCUT2D eigenvalue weighted by Crippen LogP contribution is 2.13. The molecule has 0 fully saturated rings. The predicted octanol–water partition coefficient (Wildman–Crippen LogP) is 2.42. The Morgan fingerprint density at radius 3 is 1.25 bits per heavy atom. The zero-order valence-electron chi connectivity index (χ0n) is 17.9. The van der Waals surface area contributed by atoms with E-state index >= 15 is 0 Å². The molecule has 0 saturated carbocycles. The van der Waals surface area contributed by atoms with Gasteiger partial charge in [0.1, 0.15) is 13.2 Å². The molecule has 8 nitrogen and oxygen atoms in total. The molecule has 0 spiro atoms. The minimum absolute atomic E-state index is 0.142. The van der Waals surface area contributed by atoms with Crippen molar-refractivity contribution >= 4 is 31.6 Å². The van der Waals surface area contributed by atoms with Crippen molar-refractivity contribution in [2.24, 2.45) is 0 Å². The van der Waals surface area contributed by atoms with Crippen molar-refractivity contribution in [2.45, 2.75) is 36.5 Å². The van der Waals surface area contributed by atoms with Gasteiger partial charge in [0.05, 0.1) is 34.1 Å². The van der Waals surface area contributed by atoms with Crippen LogP contribution in [0.15, 0.2) is 58.3 Å². The van der Waals surface area contributed by atoms with Gasteiger partial charge in [-0.2, -0.15) is 0 Å². The van der Waals surface area contributed by atoms with Gasteiger partial charge in [0.25, 0.3) is 0 Å². The number of rotatable bonds is 11. The molecule has 0 saturated heterocycles. The molecule has 174 valence electrons. The first-order chi connectivity index (χ1) is 15.0. The fourth-order valence-electron chi connectivity index (χ4n) is 2.61.